The zero-order valence-electron chi connectivity index (χ0n) is 11.9. The summed E-state index contributed by atoms with van der Waals surface area (Å²) in [7, 11) is 1.77. The van der Waals surface area contributed by atoms with Gasteiger partial charge in [0.05, 0.1) is 5.39 Å². The normalized spacial score (nSPS) is 15.1. The van der Waals surface area contributed by atoms with Crippen LogP contribution in [0.4, 0.5) is 4.39 Å². The smallest absolute Gasteiger partial charge is 0.289 e. The van der Waals surface area contributed by atoms with E-state index in [0.29, 0.717) is 22.6 Å². The highest BCUT2D eigenvalue weighted by Crippen LogP contribution is 2.31. The minimum Gasteiger partial charge on any atom is -0.451 e. The summed E-state index contributed by atoms with van der Waals surface area (Å²) in [6.45, 7) is 3.88. The second-order valence-corrected chi connectivity index (χ2v) is 5.79. The van der Waals surface area contributed by atoms with Crippen molar-refractivity contribution in [2.45, 2.75) is 38.6 Å². The molecule has 1 aromatic heterocycles. The van der Waals surface area contributed by atoms with Gasteiger partial charge in [-0.1, -0.05) is 19.9 Å². The monoisotopic (exact) mass is 275 g/mol. The van der Waals surface area contributed by atoms with Crippen LogP contribution in [0, 0.1) is 5.82 Å². The molecule has 0 saturated heterocycles. The number of carbonyl (C=O) groups excluding carboxylic acids is 1. The molecule has 3 rings (SSSR count). The zero-order valence-corrected chi connectivity index (χ0v) is 11.9. The van der Waals surface area contributed by atoms with Gasteiger partial charge in [-0.3, -0.25) is 4.79 Å². The van der Waals surface area contributed by atoms with Crippen molar-refractivity contribution in [2.24, 2.45) is 0 Å². The molecule has 0 bridgehead atoms. The molecule has 1 amide bonds. The summed E-state index contributed by atoms with van der Waals surface area (Å²) in [5.41, 5.74) is 1.08. The predicted molar refractivity (Wildman–Crippen MR) is 75.4 cm³/mol. The Morgan fingerprint density at radius 1 is 1.40 bits per heavy atom. The lowest BCUT2D eigenvalue weighted by Crippen LogP contribution is -2.28. The largest absolute Gasteiger partial charge is 0.451 e. The number of amides is 1. The van der Waals surface area contributed by atoms with E-state index < -0.39 is 0 Å². The topological polar surface area (TPSA) is 33.5 Å². The Morgan fingerprint density at radius 2 is 2.10 bits per heavy atom. The second-order valence-electron chi connectivity index (χ2n) is 5.79. The molecule has 1 heterocycles. The van der Waals surface area contributed by atoms with Gasteiger partial charge in [-0.05, 0) is 30.4 Å². The zero-order chi connectivity index (χ0) is 14.4. The Labute approximate surface area is 117 Å². The van der Waals surface area contributed by atoms with Crippen molar-refractivity contribution < 1.29 is 13.6 Å². The maximum absolute atomic E-state index is 14.4. The Bertz CT molecular complexity index is 670. The third-order valence-electron chi connectivity index (χ3n) is 3.91. The van der Waals surface area contributed by atoms with Crippen molar-refractivity contribution in [3.8, 4) is 0 Å². The number of carbonyl (C=O) groups is 1. The fraction of sp³-hybridized carbons (Fsp3) is 0.438. The van der Waals surface area contributed by atoms with Gasteiger partial charge in [-0.15, -0.1) is 0 Å². The molecule has 20 heavy (non-hydrogen) atoms. The number of fused-ring (bicyclic) bond motifs is 1. The lowest BCUT2D eigenvalue weighted by molar-refractivity contribution is 0.0756. The molecule has 0 spiro atoms. The molecule has 0 unspecified atom stereocenters. The number of hydrogen-bond acceptors (Lipinski definition) is 2. The number of halogens is 1. The molecule has 1 saturated carbocycles. The number of furan rings is 1. The van der Waals surface area contributed by atoms with E-state index in [-0.39, 0.29) is 23.4 Å². The van der Waals surface area contributed by atoms with Crippen LogP contribution in [0.5, 0.6) is 0 Å². The molecule has 1 aromatic carbocycles. The van der Waals surface area contributed by atoms with Crippen LogP contribution in [0.3, 0.4) is 0 Å². The van der Waals surface area contributed by atoms with E-state index in [9.17, 15) is 9.18 Å². The quantitative estimate of drug-likeness (QED) is 0.850. The molecule has 0 N–H and O–H groups in total. The van der Waals surface area contributed by atoms with Crippen molar-refractivity contribution in [2.75, 3.05) is 7.05 Å². The summed E-state index contributed by atoms with van der Waals surface area (Å²) in [4.78, 5) is 13.9. The number of benzene rings is 1. The van der Waals surface area contributed by atoms with Gasteiger partial charge >= 0.3 is 0 Å². The van der Waals surface area contributed by atoms with Gasteiger partial charge in [-0.2, -0.15) is 0 Å². The van der Waals surface area contributed by atoms with Gasteiger partial charge in [0.1, 0.15) is 11.4 Å². The third kappa shape index (κ3) is 2.09. The number of hydrogen-bond donors (Lipinski definition) is 0. The molecule has 1 aliphatic carbocycles. The first-order valence-corrected chi connectivity index (χ1v) is 6.98. The van der Waals surface area contributed by atoms with Gasteiger partial charge in [0.15, 0.2) is 5.76 Å². The van der Waals surface area contributed by atoms with Gasteiger partial charge in [0, 0.05) is 19.2 Å². The molecule has 0 atom stereocenters. The lowest BCUT2D eigenvalue weighted by Gasteiger charge is -2.13. The molecule has 1 aliphatic rings. The predicted octanol–water partition coefficient (Wildman–Crippen LogP) is 3.93. The van der Waals surface area contributed by atoms with Crippen LogP contribution in [0.15, 0.2) is 22.6 Å². The molecule has 1 fully saturated rings. The maximum atomic E-state index is 14.4. The van der Waals surface area contributed by atoms with Crippen molar-refractivity contribution >= 4 is 16.9 Å². The summed E-state index contributed by atoms with van der Waals surface area (Å²) in [6, 6.07) is 5.30. The Balaban J connectivity index is 2.02. The van der Waals surface area contributed by atoms with Gasteiger partial charge in [-0.25, -0.2) is 4.39 Å². The van der Waals surface area contributed by atoms with E-state index in [4.69, 9.17) is 4.42 Å². The van der Waals surface area contributed by atoms with E-state index in [1.165, 1.54) is 6.07 Å². The summed E-state index contributed by atoms with van der Waals surface area (Å²) >= 11 is 0. The van der Waals surface area contributed by atoms with Crippen LogP contribution in [0.25, 0.3) is 11.0 Å². The van der Waals surface area contributed by atoms with E-state index in [1.807, 2.05) is 13.8 Å². The highest BCUT2D eigenvalue weighted by molar-refractivity contribution is 5.96. The number of rotatable bonds is 3. The Kier molecular flexibility index (Phi) is 3.04. The molecule has 3 nitrogen and oxygen atoms in total. The average molecular weight is 275 g/mol. The Hall–Kier alpha value is -1.84. The molecular formula is C16H18FNO2. The van der Waals surface area contributed by atoms with Crippen molar-refractivity contribution in [3.05, 3.63) is 35.3 Å². The summed E-state index contributed by atoms with van der Waals surface area (Å²) in [5.74, 6) is -0.139. The van der Waals surface area contributed by atoms with Crippen LogP contribution in [-0.2, 0) is 0 Å². The lowest BCUT2D eigenvalue weighted by atomic mass is 10.0. The SMILES string of the molecule is CC(C)c1ccc2oc(C(=O)N(C)C3CC3)cc2c1F. The Morgan fingerprint density at radius 3 is 2.70 bits per heavy atom. The van der Waals surface area contributed by atoms with Crippen molar-refractivity contribution in [1.29, 1.82) is 0 Å². The summed E-state index contributed by atoms with van der Waals surface area (Å²) in [5, 5.41) is 0.392. The third-order valence-corrected chi connectivity index (χ3v) is 3.91. The fourth-order valence-corrected chi connectivity index (χ4v) is 2.45. The summed E-state index contributed by atoms with van der Waals surface area (Å²) < 4.78 is 19.9. The van der Waals surface area contributed by atoms with Crippen molar-refractivity contribution in [1.82, 2.24) is 4.90 Å². The molecule has 0 aliphatic heterocycles. The molecule has 4 heteroatoms. The highest BCUT2D eigenvalue weighted by Gasteiger charge is 2.31. The minimum atomic E-state index is -0.283. The van der Waals surface area contributed by atoms with Crippen LogP contribution in [0.2, 0.25) is 0 Å². The van der Waals surface area contributed by atoms with E-state index in [2.05, 4.69) is 0 Å². The first-order valence-electron chi connectivity index (χ1n) is 6.98. The van der Waals surface area contributed by atoms with Crippen LogP contribution in [0.1, 0.15) is 48.7 Å². The minimum absolute atomic E-state index is 0.0996. The van der Waals surface area contributed by atoms with E-state index >= 15 is 0 Å². The maximum Gasteiger partial charge on any atom is 0.289 e. The molecule has 106 valence electrons. The van der Waals surface area contributed by atoms with E-state index in [1.54, 1.807) is 24.1 Å². The molecule has 2 aromatic rings. The molecule has 0 radical (unpaired) electrons. The standard InChI is InChI=1S/C16H18FNO2/c1-9(2)11-6-7-13-12(15(11)17)8-14(20-13)16(19)18(3)10-4-5-10/h6-10H,4-5H2,1-3H3. The van der Waals surface area contributed by atoms with Gasteiger partial charge in [0.25, 0.3) is 5.91 Å². The van der Waals surface area contributed by atoms with Crippen LogP contribution >= 0.6 is 0 Å². The van der Waals surface area contributed by atoms with Crippen LogP contribution in [-0.4, -0.2) is 23.9 Å². The first kappa shape index (κ1) is 13.2. The molecular weight excluding hydrogens is 257 g/mol. The van der Waals surface area contributed by atoms with Crippen molar-refractivity contribution in [3.63, 3.8) is 0 Å². The first-order chi connectivity index (χ1) is 9.49. The van der Waals surface area contributed by atoms with E-state index in [0.717, 1.165) is 12.8 Å². The summed E-state index contributed by atoms with van der Waals surface area (Å²) in [6.07, 6.45) is 2.07. The fourth-order valence-electron chi connectivity index (χ4n) is 2.45. The average Bonchev–Trinajstić information content (AvgIpc) is 3.16. The van der Waals surface area contributed by atoms with Gasteiger partial charge in [0.2, 0.25) is 0 Å². The number of nitrogens with zero attached hydrogens (tertiary/aromatic N) is 1. The highest BCUT2D eigenvalue weighted by atomic mass is 19.1. The second kappa shape index (κ2) is 4.62. The van der Waals surface area contributed by atoms with Gasteiger partial charge < -0.3 is 9.32 Å². The van der Waals surface area contributed by atoms with Crippen LogP contribution < -0.4 is 0 Å².